The summed E-state index contributed by atoms with van der Waals surface area (Å²) in [4.78, 5) is 25.7. The second-order valence-electron chi connectivity index (χ2n) is 8.31. The van der Waals surface area contributed by atoms with Gasteiger partial charge in [-0.3, -0.25) is 0 Å². The molecule has 1 N–H and O–H groups in total. The topological polar surface area (TPSA) is 105 Å². The van der Waals surface area contributed by atoms with Crippen molar-refractivity contribution in [2.75, 3.05) is 14.2 Å². The van der Waals surface area contributed by atoms with Gasteiger partial charge in [-0.2, -0.15) is 0 Å². The molecular formula is C27H28N4O5. The first-order valence-electron chi connectivity index (χ1n) is 11.4. The SMILES string of the molecule is COC(=O)C1=C(C)NC(C)=C(C(=O)OC)C1c1ccccc1OCc1cnnn1Cc1ccccc1. The first-order valence-corrected chi connectivity index (χ1v) is 11.4. The van der Waals surface area contributed by atoms with Gasteiger partial charge in [-0.05, 0) is 25.5 Å². The maximum absolute atomic E-state index is 12.8. The number of para-hydroxylation sites is 1. The Bertz CT molecular complexity index is 1290. The maximum Gasteiger partial charge on any atom is 0.336 e. The normalized spacial score (nSPS) is 13.9. The van der Waals surface area contributed by atoms with E-state index >= 15 is 0 Å². The first kappa shape index (κ1) is 24.7. The molecular weight excluding hydrogens is 460 g/mol. The smallest absolute Gasteiger partial charge is 0.336 e. The number of carbonyl (C=O) groups excluding carboxylic acids is 2. The van der Waals surface area contributed by atoms with E-state index in [1.165, 1.54) is 14.2 Å². The number of nitrogens with one attached hydrogen (secondary N) is 1. The molecule has 2 aromatic carbocycles. The Labute approximate surface area is 209 Å². The van der Waals surface area contributed by atoms with Crippen LogP contribution in [0, 0.1) is 0 Å². The van der Waals surface area contributed by atoms with Gasteiger partial charge in [0.15, 0.2) is 0 Å². The Morgan fingerprint density at radius 3 is 2.17 bits per heavy atom. The van der Waals surface area contributed by atoms with Gasteiger partial charge in [-0.15, -0.1) is 5.10 Å². The van der Waals surface area contributed by atoms with E-state index < -0.39 is 17.9 Å². The molecule has 0 saturated carbocycles. The Morgan fingerprint density at radius 1 is 0.917 bits per heavy atom. The number of esters is 2. The van der Waals surface area contributed by atoms with Crippen LogP contribution >= 0.6 is 0 Å². The van der Waals surface area contributed by atoms with Crippen LogP contribution in [-0.4, -0.2) is 41.2 Å². The van der Waals surface area contributed by atoms with Crippen molar-refractivity contribution in [1.29, 1.82) is 0 Å². The van der Waals surface area contributed by atoms with Gasteiger partial charge in [-0.1, -0.05) is 53.7 Å². The molecule has 0 unspecified atom stereocenters. The summed E-state index contributed by atoms with van der Waals surface area (Å²) < 4.78 is 18.1. The van der Waals surface area contributed by atoms with E-state index in [1.807, 2.05) is 48.5 Å². The molecule has 0 atom stereocenters. The van der Waals surface area contributed by atoms with Crippen LogP contribution in [0.2, 0.25) is 0 Å². The average Bonchev–Trinajstić information content (AvgIpc) is 3.33. The minimum absolute atomic E-state index is 0.189. The summed E-state index contributed by atoms with van der Waals surface area (Å²) in [6, 6.07) is 17.2. The number of benzene rings is 2. The van der Waals surface area contributed by atoms with Crippen molar-refractivity contribution in [1.82, 2.24) is 20.3 Å². The third-order valence-electron chi connectivity index (χ3n) is 6.05. The fourth-order valence-corrected chi connectivity index (χ4v) is 4.35. The van der Waals surface area contributed by atoms with E-state index in [9.17, 15) is 9.59 Å². The number of ether oxygens (including phenoxy) is 3. The minimum Gasteiger partial charge on any atom is -0.487 e. The van der Waals surface area contributed by atoms with Crippen LogP contribution in [0.4, 0.5) is 0 Å². The van der Waals surface area contributed by atoms with Crippen LogP contribution in [0.5, 0.6) is 5.75 Å². The van der Waals surface area contributed by atoms with Gasteiger partial charge in [0.1, 0.15) is 12.4 Å². The highest BCUT2D eigenvalue weighted by atomic mass is 16.5. The standard InChI is InChI=1S/C27H28N4O5/c1-17-23(26(32)34-3)25(24(18(2)29-17)27(33)35-4)21-12-8-9-13-22(21)36-16-20-14-28-30-31(20)15-19-10-6-5-7-11-19/h5-14,25,29H,15-16H2,1-4H3. The van der Waals surface area contributed by atoms with E-state index in [2.05, 4.69) is 15.6 Å². The van der Waals surface area contributed by atoms with Crippen LogP contribution in [0.1, 0.15) is 36.6 Å². The van der Waals surface area contributed by atoms with E-state index in [1.54, 1.807) is 30.8 Å². The van der Waals surface area contributed by atoms with Gasteiger partial charge in [0.05, 0.1) is 49.7 Å². The first-order chi connectivity index (χ1) is 17.4. The van der Waals surface area contributed by atoms with E-state index in [0.717, 1.165) is 11.3 Å². The lowest BCUT2D eigenvalue weighted by atomic mass is 9.80. The summed E-state index contributed by atoms with van der Waals surface area (Å²) >= 11 is 0. The Kier molecular flexibility index (Phi) is 7.48. The molecule has 186 valence electrons. The number of nitrogens with zero attached hydrogens (tertiary/aromatic N) is 3. The molecule has 3 aromatic rings. The zero-order valence-electron chi connectivity index (χ0n) is 20.6. The molecule has 0 fully saturated rings. The second-order valence-corrected chi connectivity index (χ2v) is 8.31. The molecule has 1 aromatic heterocycles. The van der Waals surface area contributed by atoms with Crippen LogP contribution in [0.15, 0.2) is 83.3 Å². The Hall–Kier alpha value is -4.40. The molecule has 0 aliphatic carbocycles. The number of dihydropyridines is 1. The van der Waals surface area contributed by atoms with Crippen LogP contribution < -0.4 is 10.1 Å². The molecule has 2 heterocycles. The van der Waals surface area contributed by atoms with Crippen LogP contribution in [0.25, 0.3) is 0 Å². The largest absolute Gasteiger partial charge is 0.487 e. The van der Waals surface area contributed by atoms with Gasteiger partial charge in [0, 0.05) is 17.0 Å². The maximum atomic E-state index is 12.8. The van der Waals surface area contributed by atoms with Crippen molar-refractivity contribution in [3.63, 3.8) is 0 Å². The summed E-state index contributed by atoms with van der Waals surface area (Å²) in [7, 11) is 2.62. The molecule has 4 rings (SSSR count). The van der Waals surface area contributed by atoms with Crippen molar-refractivity contribution in [2.45, 2.75) is 32.9 Å². The van der Waals surface area contributed by atoms with Gasteiger partial charge in [-0.25, -0.2) is 14.3 Å². The highest BCUT2D eigenvalue weighted by molar-refractivity contribution is 6.00. The van der Waals surface area contributed by atoms with Crippen molar-refractivity contribution >= 4 is 11.9 Å². The molecule has 1 aliphatic heterocycles. The zero-order valence-corrected chi connectivity index (χ0v) is 20.6. The number of aromatic nitrogens is 3. The lowest BCUT2D eigenvalue weighted by molar-refractivity contribution is -0.137. The molecule has 9 nitrogen and oxygen atoms in total. The van der Waals surface area contributed by atoms with Crippen molar-refractivity contribution in [3.05, 3.63) is 100 Å². The van der Waals surface area contributed by atoms with Crippen molar-refractivity contribution < 1.29 is 23.8 Å². The van der Waals surface area contributed by atoms with E-state index in [-0.39, 0.29) is 6.61 Å². The number of hydrogen-bond acceptors (Lipinski definition) is 8. The average molecular weight is 489 g/mol. The molecule has 0 bridgehead atoms. The predicted octanol–water partition coefficient (Wildman–Crippen LogP) is 3.49. The van der Waals surface area contributed by atoms with Crippen molar-refractivity contribution in [3.8, 4) is 5.75 Å². The van der Waals surface area contributed by atoms with Crippen molar-refractivity contribution in [2.24, 2.45) is 0 Å². The number of allylic oxidation sites excluding steroid dienone is 2. The quantitative estimate of drug-likeness (QED) is 0.481. The molecule has 0 saturated heterocycles. The lowest BCUT2D eigenvalue weighted by Crippen LogP contribution is -2.32. The summed E-state index contributed by atoms with van der Waals surface area (Å²) in [5, 5.41) is 11.3. The fourth-order valence-electron chi connectivity index (χ4n) is 4.35. The summed E-state index contributed by atoms with van der Waals surface area (Å²) in [6.45, 7) is 4.29. The van der Waals surface area contributed by atoms with E-state index in [4.69, 9.17) is 14.2 Å². The summed E-state index contributed by atoms with van der Waals surface area (Å²) in [5.74, 6) is -1.31. The van der Waals surface area contributed by atoms with Gasteiger partial charge in [0.2, 0.25) is 0 Å². The second kappa shape index (κ2) is 10.9. The highest BCUT2D eigenvalue weighted by Gasteiger charge is 2.39. The number of methoxy groups -OCH3 is 2. The molecule has 1 aliphatic rings. The van der Waals surface area contributed by atoms with Gasteiger partial charge in [0.25, 0.3) is 0 Å². The number of carbonyl (C=O) groups is 2. The zero-order chi connectivity index (χ0) is 25.7. The molecule has 36 heavy (non-hydrogen) atoms. The summed E-state index contributed by atoms with van der Waals surface area (Å²) in [6.07, 6.45) is 1.66. The predicted molar refractivity (Wildman–Crippen MR) is 132 cm³/mol. The lowest BCUT2D eigenvalue weighted by Gasteiger charge is -2.31. The molecule has 0 amide bonds. The minimum atomic E-state index is -0.741. The molecule has 0 radical (unpaired) electrons. The van der Waals surface area contributed by atoms with Gasteiger partial charge < -0.3 is 19.5 Å². The molecule has 9 heteroatoms. The third kappa shape index (κ3) is 5.00. The van der Waals surface area contributed by atoms with Crippen LogP contribution in [0.3, 0.4) is 0 Å². The molecule has 0 spiro atoms. The number of hydrogen-bond donors (Lipinski definition) is 1. The van der Waals surface area contributed by atoms with Crippen LogP contribution in [-0.2, 0) is 32.2 Å². The fraction of sp³-hybridized carbons (Fsp3) is 0.259. The van der Waals surface area contributed by atoms with Gasteiger partial charge >= 0.3 is 11.9 Å². The highest BCUT2D eigenvalue weighted by Crippen LogP contribution is 2.42. The monoisotopic (exact) mass is 488 g/mol. The Balaban J connectivity index is 1.69. The summed E-state index contributed by atoms with van der Waals surface area (Å²) in [5.41, 5.74) is 4.32. The number of rotatable bonds is 8. The Morgan fingerprint density at radius 2 is 1.53 bits per heavy atom. The third-order valence-corrected chi connectivity index (χ3v) is 6.05. The van der Waals surface area contributed by atoms with E-state index in [0.29, 0.717) is 40.4 Å².